The van der Waals surface area contributed by atoms with Gasteiger partial charge in [-0.15, -0.1) is 16.8 Å². The smallest absolute Gasteiger partial charge is 0.231 e. The van der Waals surface area contributed by atoms with Gasteiger partial charge in [0.2, 0.25) is 12.7 Å². The van der Waals surface area contributed by atoms with E-state index in [1.54, 1.807) is 12.3 Å². The zero-order valence-electron chi connectivity index (χ0n) is 15.9. The summed E-state index contributed by atoms with van der Waals surface area (Å²) < 4.78 is 17.9. The minimum Gasteiger partial charge on any atom is -0.469 e. The van der Waals surface area contributed by atoms with E-state index in [2.05, 4.69) is 22.1 Å². The van der Waals surface area contributed by atoms with Gasteiger partial charge in [0.05, 0.1) is 17.6 Å². The van der Waals surface area contributed by atoms with Gasteiger partial charge in [-0.2, -0.15) is 0 Å². The molecule has 0 saturated carbocycles. The molecule has 4 rings (SSSR count). The number of aryl methyl sites for hydroxylation is 1. The van der Waals surface area contributed by atoms with Gasteiger partial charge in [0.15, 0.2) is 22.5 Å². The van der Waals surface area contributed by atoms with E-state index >= 15 is 0 Å². The van der Waals surface area contributed by atoms with E-state index in [9.17, 15) is 4.79 Å². The maximum Gasteiger partial charge on any atom is 0.231 e. The normalized spacial score (nSPS) is 12.2. The van der Waals surface area contributed by atoms with Crippen LogP contribution in [-0.4, -0.2) is 33.2 Å². The molecular weight excluding hydrogens is 392 g/mol. The van der Waals surface area contributed by atoms with Gasteiger partial charge >= 0.3 is 0 Å². The summed E-state index contributed by atoms with van der Waals surface area (Å²) in [6.07, 6.45) is 3.39. The molecular formula is C20H20N4O4S. The number of furan rings is 1. The van der Waals surface area contributed by atoms with Crippen molar-refractivity contribution in [3.8, 4) is 22.9 Å². The molecule has 2 aromatic heterocycles. The summed E-state index contributed by atoms with van der Waals surface area (Å²) in [5, 5.41) is 12.1. The number of hydrogen-bond donors (Lipinski definition) is 1. The Kier molecular flexibility index (Phi) is 5.57. The Bertz CT molecular complexity index is 1040. The lowest BCUT2D eigenvalue weighted by atomic mass is 10.2. The van der Waals surface area contributed by atoms with E-state index in [1.165, 1.54) is 11.8 Å². The number of carbonyl (C=O) groups is 1. The van der Waals surface area contributed by atoms with Crippen molar-refractivity contribution in [2.75, 3.05) is 12.5 Å². The molecule has 0 aliphatic carbocycles. The molecule has 1 N–H and O–H groups in total. The second-order valence-electron chi connectivity index (χ2n) is 6.35. The molecule has 1 amide bonds. The van der Waals surface area contributed by atoms with Crippen LogP contribution in [0.15, 0.2) is 52.8 Å². The summed E-state index contributed by atoms with van der Waals surface area (Å²) in [5.41, 5.74) is 1.82. The topological polar surface area (TPSA) is 91.4 Å². The summed E-state index contributed by atoms with van der Waals surface area (Å²) in [6.45, 7) is 6.85. The van der Waals surface area contributed by atoms with Crippen LogP contribution in [0, 0.1) is 6.92 Å². The molecule has 1 aromatic carbocycles. The van der Waals surface area contributed by atoms with Gasteiger partial charge in [-0.1, -0.05) is 23.9 Å². The molecule has 0 saturated heterocycles. The number of aromatic nitrogens is 3. The average Bonchev–Trinajstić information content (AvgIpc) is 3.44. The number of benzene rings is 1. The first-order chi connectivity index (χ1) is 14.2. The van der Waals surface area contributed by atoms with Crippen LogP contribution >= 0.6 is 11.8 Å². The summed E-state index contributed by atoms with van der Waals surface area (Å²) in [5.74, 6) is 3.01. The Morgan fingerprint density at radius 3 is 2.97 bits per heavy atom. The second-order valence-corrected chi connectivity index (χ2v) is 7.29. The number of carbonyl (C=O) groups excluding carboxylic acids is 1. The SMILES string of the molecule is C=CCn1c(SCC(=O)NCc2ccc3c(c2)OCO3)nnc1-c1ccoc1C. The number of allylic oxidation sites excluding steroid dienone is 1. The molecule has 0 atom stereocenters. The van der Waals surface area contributed by atoms with Crippen molar-refractivity contribution < 1.29 is 18.7 Å². The fourth-order valence-corrected chi connectivity index (χ4v) is 3.72. The highest BCUT2D eigenvalue weighted by Crippen LogP contribution is 2.32. The fraction of sp³-hybridized carbons (Fsp3) is 0.250. The number of amides is 1. The number of hydrogen-bond acceptors (Lipinski definition) is 7. The van der Waals surface area contributed by atoms with E-state index in [0.29, 0.717) is 29.8 Å². The van der Waals surface area contributed by atoms with E-state index in [-0.39, 0.29) is 18.5 Å². The van der Waals surface area contributed by atoms with Crippen molar-refractivity contribution in [3.63, 3.8) is 0 Å². The molecule has 3 aromatic rings. The van der Waals surface area contributed by atoms with E-state index < -0.39 is 0 Å². The largest absolute Gasteiger partial charge is 0.469 e. The standard InChI is InChI=1S/C20H20N4O4S/c1-3-7-24-19(15-6-8-26-13(15)2)22-23-20(24)29-11-18(25)21-10-14-4-5-16-17(9-14)28-12-27-16/h3-6,8-9H,1,7,10-12H2,2H3,(H,21,25). The first kappa shape index (κ1) is 19.1. The van der Waals surface area contributed by atoms with Gasteiger partial charge in [0.25, 0.3) is 0 Å². The summed E-state index contributed by atoms with van der Waals surface area (Å²) >= 11 is 1.33. The molecule has 0 unspecified atom stereocenters. The average molecular weight is 412 g/mol. The van der Waals surface area contributed by atoms with Gasteiger partial charge in [-0.25, -0.2) is 0 Å². The molecule has 0 radical (unpaired) electrons. The quantitative estimate of drug-likeness (QED) is 0.449. The molecule has 29 heavy (non-hydrogen) atoms. The monoisotopic (exact) mass is 412 g/mol. The van der Waals surface area contributed by atoms with Crippen molar-refractivity contribution in [1.29, 1.82) is 0 Å². The molecule has 3 heterocycles. The number of rotatable bonds is 8. The predicted molar refractivity (Wildman–Crippen MR) is 108 cm³/mol. The maximum atomic E-state index is 12.3. The summed E-state index contributed by atoms with van der Waals surface area (Å²) in [6, 6.07) is 7.47. The molecule has 0 fully saturated rings. The maximum absolute atomic E-state index is 12.3. The number of nitrogens with one attached hydrogen (secondary N) is 1. The lowest BCUT2D eigenvalue weighted by Gasteiger charge is -2.08. The minimum atomic E-state index is -0.0955. The van der Waals surface area contributed by atoms with Gasteiger partial charge < -0.3 is 19.2 Å². The zero-order chi connectivity index (χ0) is 20.2. The Balaban J connectivity index is 1.37. The third-order valence-corrected chi connectivity index (χ3v) is 5.35. The Hall–Kier alpha value is -3.20. The Morgan fingerprint density at radius 1 is 1.31 bits per heavy atom. The van der Waals surface area contributed by atoms with Crippen molar-refractivity contribution in [3.05, 3.63) is 54.5 Å². The van der Waals surface area contributed by atoms with Crippen molar-refractivity contribution in [2.45, 2.75) is 25.2 Å². The zero-order valence-corrected chi connectivity index (χ0v) is 16.7. The predicted octanol–water partition coefficient (Wildman–Crippen LogP) is 3.17. The Labute approximate surface area is 171 Å². The molecule has 1 aliphatic heterocycles. The molecule has 0 spiro atoms. The third kappa shape index (κ3) is 4.14. The lowest BCUT2D eigenvalue weighted by molar-refractivity contribution is -0.118. The summed E-state index contributed by atoms with van der Waals surface area (Å²) in [4.78, 5) is 12.3. The van der Waals surface area contributed by atoms with Gasteiger partial charge in [0, 0.05) is 13.1 Å². The highest BCUT2D eigenvalue weighted by Gasteiger charge is 2.18. The molecule has 1 aliphatic rings. The highest BCUT2D eigenvalue weighted by atomic mass is 32.2. The molecule has 0 bridgehead atoms. The fourth-order valence-electron chi connectivity index (χ4n) is 2.94. The van der Waals surface area contributed by atoms with Crippen molar-refractivity contribution >= 4 is 17.7 Å². The third-order valence-electron chi connectivity index (χ3n) is 4.39. The van der Waals surface area contributed by atoms with Crippen LogP contribution in [0.2, 0.25) is 0 Å². The summed E-state index contributed by atoms with van der Waals surface area (Å²) in [7, 11) is 0. The number of ether oxygens (including phenoxy) is 2. The molecule has 8 nitrogen and oxygen atoms in total. The number of nitrogens with zero attached hydrogens (tertiary/aromatic N) is 3. The van der Waals surface area contributed by atoms with E-state index in [4.69, 9.17) is 13.9 Å². The molecule has 9 heteroatoms. The van der Waals surface area contributed by atoms with Gasteiger partial charge in [-0.05, 0) is 30.7 Å². The second kappa shape index (κ2) is 8.44. The van der Waals surface area contributed by atoms with Crippen molar-refractivity contribution in [2.24, 2.45) is 0 Å². The lowest BCUT2D eigenvalue weighted by Crippen LogP contribution is -2.24. The van der Waals surface area contributed by atoms with Crippen LogP contribution in [0.3, 0.4) is 0 Å². The van der Waals surface area contributed by atoms with Gasteiger partial charge in [0.1, 0.15) is 5.76 Å². The van der Waals surface area contributed by atoms with Gasteiger partial charge in [-0.3, -0.25) is 9.36 Å². The first-order valence-electron chi connectivity index (χ1n) is 9.02. The highest BCUT2D eigenvalue weighted by molar-refractivity contribution is 7.99. The minimum absolute atomic E-state index is 0.0955. The Morgan fingerprint density at radius 2 is 2.17 bits per heavy atom. The van der Waals surface area contributed by atoms with Crippen LogP contribution in [0.5, 0.6) is 11.5 Å². The van der Waals surface area contributed by atoms with Crippen molar-refractivity contribution in [1.82, 2.24) is 20.1 Å². The van der Waals surface area contributed by atoms with Crippen LogP contribution in [0.4, 0.5) is 0 Å². The van der Waals surface area contributed by atoms with Crippen LogP contribution in [0.1, 0.15) is 11.3 Å². The van der Waals surface area contributed by atoms with Crippen LogP contribution in [-0.2, 0) is 17.9 Å². The molecule has 150 valence electrons. The first-order valence-corrected chi connectivity index (χ1v) is 10.0. The van der Waals surface area contributed by atoms with E-state index in [0.717, 1.165) is 22.6 Å². The number of thioether (sulfide) groups is 1. The van der Waals surface area contributed by atoms with Crippen LogP contribution < -0.4 is 14.8 Å². The number of fused-ring (bicyclic) bond motifs is 1. The van der Waals surface area contributed by atoms with E-state index in [1.807, 2.05) is 35.8 Å². The van der Waals surface area contributed by atoms with Crippen LogP contribution in [0.25, 0.3) is 11.4 Å².